The SMILES string of the molecule is COCCCOC(=O)Nc1c(OC(F)(F)F)ccc(C(=O)Nc2nnnn2C)c1Cl. The quantitative estimate of drug-likeness (QED) is 0.585. The molecule has 1 heterocycles. The molecule has 0 aliphatic carbocycles. The number of rotatable bonds is 8. The minimum Gasteiger partial charge on any atom is -0.449 e. The van der Waals surface area contributed by atoms with Crippen molar-refractivity contribution >= 4 is 35.2 Å². The Morgan fingerprint density at radius 3 is 2.57 bits per heavy atom. The largest absolute Gasteiger partial charge is 0.573 e. The molecule has 11 nitrogen and oxygen atoms in total. The van der Waals surface area contributed by atoms with Crippen LogP contribution in [0.5, 0.6) is 5.75 Å². The molecule has 0 unspecified atom stereocenters. The first-order valence-corrected chi connectivity index (χ1v) is 8.55. The summed E-state index contributed by atoms with van der Waals surface area (Å²) in [5, 5.41) is 14.3. The van der Waals surface area contributed by atoms with E-state index in [0.29, 0.717) is 13.0 Å². The lowest BCUT2D eigenvalue weighted by atomic mass is 10.1. The number of carbonyl (C=O) groups excluding carboxylic acids is 2. The van der Waals surface area contributed by atoms with E-state index in [0.717, 1.165) is 16.8 Å². The summed E-state index contributed by atoms with van der Waals surface area (Å²) in [7, 11) is 2.90. The molecule has 2 rings (SSSR count). The predicted molar refractivity (Wildman–Crippen MR) is 96.3 cm³/mol. The van der Waals surface area contributed by atoms with E-state index in [1.165, 1.54) is 14.2 Å². The number of hydrogen-bond acceptors (Lipinski definition) is 8. The Balaban J connectivity index is 2.28. The highest BCUT2D eigenvalue weighted by Crippen LogP contribution is 2.38. The zero-order valence-corrected chi connectivity index (χ0v) is 16.4. The smallest absolute Gasteiger partial charge is 0.449 e. The molecular formula is C15H16ClF3N6O5. The van der Waals surface area contributed by atoms with Crippen LogP contribution in [-0.2, 0) is 16.5 Å². The lowest BCUT2D eigenvalue weighted by Crippen LogP contribution is -2.22. The van der Waals surface area contributed by atoms with Crippen LogP contribution in [0.3, 0.4) is 0 Å². The monoisotopic (exact) mass is 452 g/mol. The van der Waals surface area contributed by atoms with Crippen molar-refractivity contribution in [3.8, 4) is 5.75 Å². The number of halogens is 4. The van der Waals surface area contributed by atoms with Gasteiger partial charge in [-0.2, -0.15) is 0 Å². The Morgan fingerprint density at radius 2 is 1.97 bits per heavy atom. The summed E-state index contributed by atoms with van der Waals surface area (Å²) in [5.74, 6) is -1.72. The number of aromatic nitrogens is 4. The Bertz CT molecular complexity index is 907. The van der Waals surface area contributed by atoms with Gasteiger partial charge in [0.15, 0.2) is 5.75 Å². The number of nitrogens with zero attached hydrogens (tertiary/aromatic N) is 4. The number of nitrogens with one attached hydrogen (secondary N) is 2. The average Bonchev–Trinajstić information content (AvgIpc) is 3.05. The van der Waals surface area contributed by atoms with Crippen LogP contribution in [-0.4, -0.2) is 58.9 Å². The number of ether oxygens (including phenoxy) is 3. The number of aryl methyl sites for hydroxylation is 1. The van der Waals surface area contributed by atoms with Gasteiger partial charge in [-0.1, -0.05) is 16.7 Å². The van der Waals surface area contributed by atoms with Gasteiger partial charge in [-0.3, -0.25) is 15.4 Å². The fourth-order valence-electron chi connectivity index (χ4n) is 2.07. The molecule has 0 aliphatic heterocycles. The zero-order chi connectivity index (χ0) is 22.3. The molecule has 0 bridgehead atoms. The van der Waals surface area contributed by atoms with Gasteiger partial charge in [0.1, 0.15) is 5.69 Å². The lowest BCUT2D eigenvalue weighted by molar-refractivity contribution is -0.274. The maximum Gasteiger partial charge on any atom is 0.573 e. The molecule has 0 spiro atoms. The molecule has 2 amide bonds. The first kappa shape index (κ1) is 23.2. The number of alkyl halides is 3. The van der Waals surface area contributed by atoms with Gasteiger partial charge in [-0.15, -0.1) is 13.2 Å². The Morgan fingerprint density at radius 1 is 1.23 bits per heavy atom. The molecule has 164 valence electrons. The first-order valence-electron chi connectivity index (χ1n) is 8.17. The molecule has 1 aromatic carbocycles. The van der Waals surface area contributed by atoms with Crippen molar-refractivity contribution < 1.29 is 37.0 Å². The number of amides is 2. The fraction of sp³-hybridized carbons (Fsp3) is 0.400. The van der Waals surface area contributed by atoms with Crippen LogP contribution in [0.4, 0.5) is 29.6 Å². The molecule has 2 aromatic rings. The Hall–Kier alpha value is -3.13. The van der Waals surface area contributed by atoms with Crippen molar-refractivity contribution in [1.29, 1.82) is 0 Å². The lowest BCUT2D eigenvalue weighted by Gasteiger charge is -2.17. The van der Waals surface area contributed by atoms with Gasteiger partial charge in [0.05, 0.1) is 17.2 Å². The molecule has 1 aromatic heterocycles. The second-order valence-corrected chi connectivity index (χ2v) is 5.91. The van der Waals surface area contributed by atoms with Crippen molar-refractivity contribution in [2.75, 3.05) is 31.0 Å². The third-order valence-electron chi connectivity index (χ3n) is 3.37. The average molecular weight is 453 g/mol. The third-order valence-corrected chi connectivity index (χ3v) is 3.77. The maximum absolute atomic E-state index is 12.7. The van der Waals surface area contributed by atoms with Crippen molar-refractivity contribution in [2.24, 2.45) is 7.05 Å². The highest BCUT2D eigenvalue weighted by molar-refractivity contribution is 6.37. The molecule has 0 radical (unpaired) electrons. The second-order valence-electron chi connectivity index (χ2n) is 5.54. The Labute approximate surface area is 172 Å². The van der Waals surface area contributed by atoms with E-state index >= 15 is 0 Å². The van der Waals surface area contributed by atoms with Crippen molar-refractivity contribution in [1.82, 2.24) is 20.2 Å². The molecule has 0 saturated carbocycles. The second kappa shape index (κ2) is 10.1. The maximum atomic E-state index is 12.7. The van der Waals surface area contributed by atoms with E-state index in [1.807, 2.05) is 0 Å². The number of anilines is 2. The van der Waals surface area contributed by atoms with E-state index in [2.05, 4.69) is 30.9 Å². The number of methoxy groups -OCH3 is 1. The summed E-state index contributed by atoms with van der Waals surface area (Å²) in [6, 6.07) is 1.81. The van der Waals surface area contributed by atoms with Crippen LogP contribution >= 0.6 is 11.6 Å². The van der Waals surface area contributed by atoms with Gasteiger partial charge in [-0.05, 0) is 22.6 Å². The van der Waals surface area contributed by atoms with Gasteiger partial charge >= 0.3 is 12.5 Å². The van der Waals surface area contributed by atoms with Crippen LogP contribution in [0.1, 0.15) is 16.8 Å². The molecule has 0 aliphatic rings. The predicted octanol–water partition coefficient (Wildman–Crippen LogP) is 2.60. The number of carbonyl (C=O) groups is 2. The van der Waals surface area contributed by atoms with Crippen molar-refractivity contribution in [3.63, 3.8) is 0 Å². The van der Waals surface area contributed by atoms with E-state index < -0.39 is 34.8 Å². The van der Waals surface area contributed by atoms with Gasteiger partial charge in [0.2, 0.25) is 5.95 Å². The molecule has 30 heavy (non-hydrogen) atoms. The van der Waals surface area contributed by atoms with E-state index in [9.17, 15) is 22.8 Å². The van der Waals surface area contributed by atoms with Crippen LogP contribution in [0.2, 0.25) is 5.02 Å². The summed E-state index contributed by atoms with van der Waals surface area (Å²) >= 11 is 6.09. The summed E-state index contributed by atoms with van der Waals surface area (Å²) in [5.41, 5.74) is -0.877. The summed E-state index contributed by atoms with van der Waals surface area (Å²) in [4.78, 5) is 24.4. The van der Waals surface area contributed by atoms with Crippen LogP contribution in [0.25, 0.3) is 0 Å². The zero-order valence-electron chi connectivity index (χ0n) is 15.6. The molecule has 0 atom stereocenters. The Kier molecular flexibility index (Phi) is 7.77. The molecule has 15 heteroatoms. The first-order chi connectivity index (χ1) is 14.1. The topological polar surface area (TPSA) is 129 Å². The third kappa shape index (κ3) is 6.45. The fourth-order valence-corrected chi connectivity index (χ4v) is 2.36. The summed E-state index contributed by atoms with van der Waals surface area (Å²) < 4.78 is 52.8. The molecule has 0 fully saturated rings. The van der Waals surface area contributed by atoms with Gasteiger partial charge in [0, 0.05) is 27.2 Å². The van der Waals surface area contributed by atoms with Gasteiger partial charge in [-0.25, -0.2) is 9.48 Å². The van der Waals surface area contributed by atoms with Gasteiger partial charge < -0.3 is 14.2 Å². The summed E-state index contributed by atoms with van der Waals surface area (Å²) in [6.07, 6.45) is -5.82. The van der Waals surface area contributed by atoms with E-state index in [1.54, 1.807) is 0 Å². The normalized spacial score (nSPS) is 11.1. The molecular weight excluding hydrogens is 437 g/mol. The molecule has 2 N–H and O–H groups in total. The highest BCUT2D eigenvalue weighted by atomic mass is 35.5. The van der Waals surface area contributed by atoms with E-state index in [-0.39, 0.29) is 18.1 Å². The highest BCUT2D eigenvalue weighted by Gasteiger charge is 2.34. The summed E-state index contributed by atoms with van der Waals surface area (Å²) in [6.45, 7) is 0.245. The number of hydrogen-bond donors (Lipinski definition) is 2. The van der Waals surface area contributed by atoms with Gasteiger partial charge in [0.25, 0.3) is 5.91 Å². The number of benzene rings is 1. The molecule has 0 saturated heterocycles. The van der Waals surface area contributed by atoms with Crippen LogP contribution < -0.4 is 15.4 Å². The number of tetrazole rings is 1. The van der Waals surface area contributed by atoms with E-state index in [4.69, 9.17) is 21.1 Å². The van der Waals surface area contributed by atoms with Crippen LogP contribution in [0, 0.1) is 0 Å². The minimum absolute atomic E-state index is 0.0428. The van der Waals surface area contributed by atoms with Crippen molar-refractivity contribution in [3.05, 3.63) is 22.7 Å². The minimum atomic E-state index is -5.07. The van der Waals surface area contributed by atoms with Crippen molar-refractivity contribution in [2.45, 2.75) is 12.8 Å². The standard InChI is InChI=1S/C15H16ClF3N6O5/c1-25-13(22-23-24-25)21-12(26)8-4-5-9(30-15(17,18)19)11(10(8)16)20-14(27)29-7-3-6-28-2/h4-5H,3,6-7H2,1-2H3,(H,20,27)(H,21,22,24,26). The van der Waals surface area contributed by atoms with Crippen LogP contribution in [0.15, 0.2) is 12.1 Å².